The van der Waals surface area contributed by atoms with Gasteiger partial charge in [0.2, 0.25) is 0 Å². The summed E-state index contributed by atoms with van der Waals surface area (Å²) in [6.45, 7) is 12.8. The molecule has 2 atom stereocenters. The van der Waals surface area contributed by atoms with Crippen LogP contribution in [0.1, 0.15) is 48.0 Å². The average molecular weight is 215 g/mol. The predicted molar refractivity (Wildman–Crippen MR) is 62.9 cm³/mol. The largest absolute Gasteiger partial charge is 0.444 e. The number of ether oxygens (including phenoxy) is 1. The zero-order valence-corrected chi connectivity index (χ0v) is 10.9. The second-order valence-corrected chi connectivity index (χ2v) is 5.25. The fourth-order valence-corrected chi connectivity index (χ4v) is 1.16. The van der Waals surface area contributed by atoms with Crippen LogP contribution in [0.25, 0.3) is 0 Å². The maximum Gasteiger partial charge on any atom is 0.407 e. The van der Waals surface area contributed by atoms with Crippen LogP contribution in [0, 0.1) is 11.8 Å². The Morgan fingerprint density at radius 3 is 2.20 bits per heavy atom. The van der Waals surface area contributed by atoms with Crippen molar-refractivity contribution in [3.8, 4) is 0 Å². The van der Waals surface area contributed by atoms with Crippen LogP contribution in [0.2, 0.25) is 0 Å². The molecule has 90 valence electrons. The highest BCUT2D eigenvalue weighted by Crippen LogP contribution is 2.13. The zero-order valence-electron chi connectivity index (χ0n) is 10.9. The second-order valence-electron chi connectivity index (χ2n) is 5.25. The van der Waals surface area contributed by atoms with Crippen molar-refractivity contribution in [2.45, 2.75) is 53.6 Å². The Hall–Kier alpha value is -0.730. The highest BCUT2D eigenvalue weighted by Gasteiger charge is 2.17. The first-order valence-corrected chi connectivity index (χ1v) is 5.73. The highest BCUT2D eigenvalue weighted by atomic mass is 16.6. The van der Waals surface area contributed by atoms with E-state index in [1.54, 1.807) is 0 Å². The Labute approximate surface area is 93.6 Å². The molecule has 0 fully saturated rings. The minimum Gasteiger partial charge on any atom is -0.444 e. The van der Waals surface area contributed by atoms with Gasteiger partial charge in [0.25, 0.3) is 0 Å². The summed E-state index contributed by atoms with van der Waals surface area (Å²) in [6.07, 6.45) is 0.814. The van der Waals surface area contributed by atoms with Gasteiger partial charge in [-0.25, -0.2) is 4.79 Å². The molecule has 0 aromatic carbocycles. The van der Waals surface area contributed by atoms with Crippen molar-refractivity contribution in [1.82, 2.24) is 5.32 Å². The van der Waals surface area contributed by atoms with Gasteiger partial charge in [-0.2, -0.15) is 0 Å². The van der Waals surface area contributed by atoms with E-state index in [-0.39, 0.29) is 6.09 Å². The summed E-state index contributed by atoms with van der Waals surface area (Å²) in [6, 6.07) is 0. The number of rotatable bonds is 4. The van der Waals surface area contributed by atoms with E-state index < -0.39 is 5.60 Å². The van der Waals surface area contributed by atoms with E-state index in [1.807, 2.05) is 20.8 Å². The third-order valence-corrected chi connectivity index (χ3v) is 2.58. The molecule has 0 aromatic heterocycles. The summed E-state index contributed by atoms with van der Waals surface area (Å²) in [7, 11) is 0. The number of nitrogens with one attached hydrogen (secondary N) is 1. The smallest absolute Gasteiger partial charge is 0.407 e. The molecule has 0 unspecified atom stereocenters. The van der Waals surface area contributed by atoms with Crippen LogP contribution in [0.5, 0.6) is 0 Å². The third-order valence-electron chi connectivity index (χ3n) is 2.58. The molecule has 0 aliphatic rings. The first-order chi connectivity index (χ1) is 6.76. The fourth-order valence-electron chi connectivity index (χ4n) is 1.16. The van der Waals surface area contributed by atoms with Gasteiger partial charge in [-0.05, 0) is 32.6 Å². The molecule has 0 spiro atoms. The van der Waals surface area contributed by atoms with Crippen molar-refractivity contribution >= 4 is 6.09 Å². The van der Waals surface area contributed by atoms with Gasteiger partial charge in [0.1, 0.15) is 5.60 Å². The van der Waals surface area contributed by atoms with E-state index in [9.17, 15) is 4.79 Å². The average Bonchev–Trinajstić information content (AvgIpc) is 2.10. The molecule has 0 aliphatic heterocycles. The number of carbonyl (C=O) groups excluding carboxylic acids is 1. The van der Waals surface area contributed by atoms with Crippen molar-refractivity contribution in [3.63, 3.8) is 0 Å². The van der Waals surface area contributed by atoms with E-state index in [4.69, 9.17) is 4.74 Å². The van der Waals surface area contributed by atoms with Crippen LogP contribution in [0.4, 0.5) is 4.79 Å². The van der Waals surface area contributed by atoms with Crippen molar-refractivity contribution in [3.05, 3.63) is 0 Å². The lowest BCUT2D eigenvalue weighted by atomic mass is 9.94. The van der Waals surface area contributed by atoms with Crippen molar-refractivity contribution in [2.75, 3.05) is 6.54 Å². The third kappa shape index (κ3) is 7.23. The van der Waals surface area contributed by atoms with E-state index in [1.165, 1.54) is 0 Å². The van der Waals surface area contributed by atoms with Gasteiger partial charge in [0.15, 0.2) is 0 Å². The Morgan fingerprint density at radius 1 is 1.27 bits per heavy atom. The van der Waals surface area contributed by atoms with E-state index in [0.29, 0.717) is 18.4 Å². The monoisotopic (exact) mass is 215 g/mol. The van der Waals surface area contributed by atoms with E-state index in [2.05, 4.69) is 26.1 Å². The molecular formula is C12H25NO2. The number of hydrogen-bond acceptors (Lipinski definition) is 2. The quantitative estimate of drug-likeness (QED) is 0.782. The first kappa shape index (κ1) is 14.3. The summed E-state index contributed by atoms with van der Waals surface area (Å²) in [4.78, 5) is 11.3. The maximum absolute atomic E-state index is 11.3. The van der Waals surface area contributed by atoms with Crippen LogP contribution in [0.3, 0.4) is 0 Å². The van der Waals surface area contributed by atoms with Crippen molar-refractivity contribution in [2.24, 2.45) is 11.8 Å². The Balaban J connectivity index is 3.81. The molecule has 0 saturated heterocycles. The van der Waals surface area contributed by atoms with E-state index >= 15 is 0 Å². The molecule has 0 saturated carbocycles. The SMILES string of the molecule is CC[C@@H](C)[C@H](C)CNC(=O)OC(C)(C)C. The Morgan fingerprint density at radius 2 is 1.80 bits per heavy atom. The van der Waals surface area contributed by atoms with Crippen LogP contribution < -0.4 is 5.32 Å². The molecule has 0 aromatic rings. The standard InChI is InChI=1S/C12H25NO2/c1-7-9(2)10(3)8-13-11(14)15-12(4,5)6/h9-10H,7-8H2,1-6H3,(H,13,14)/t9-,10-/m1/s1. The van der Waals surface area contributed by atoms with Crippen molar-refractivity contribution < 1.29 is 9.53 Å². The number of alkyl carbamates (subject to hydrolysis) is 1. The van der Waals surface area contributed by atoms with Gasteiger partial charge < -0.3 is 10.1 Å². The van der Waals surface area contributed by atoms with E-state index in [0.717, 1.165) is 6.42 Å². The summed E-state index contributed by atoms with van der Waals surface area (Å²) < 4.78 is 5.15. The van der Waals surface area contributed by atoms with Gasteiger partial charge in [-0.15, -0.1) is 0 Å². The minimum atomic E-state index is -0.413. The molecule has 1 N–H and O–H groups in total. The predicted octanol–water partition coefficient (Wildman–Crippen LogP) is 3.19. The van der Waals surface area contributed by atoms with Gasteiger partial charge in [0.05, 0.1) is 0 Å². The molecule has 0 radical (unpaired) electrons. The lowest BCUT2D eigenvalue weighted by Gasteiger charge is -2.22. The summed E-state index contributed by atoms with van der Waals surface area (Å²) in [5, 5.41) is 2.79. The second kappa shape index (κ2) is 5.99. The van der Waals surface area contributed by atoms with Gasteiger partial charge in [0, 0.05) is 6.54 Å². The van der Waals surface area contributed by atoms with Crippen LogP contribution in [-0.2, 0) is 4.74 Å². The minimum absolute atomic E-state index is 0.322. The zero-order chi connectivity index (χ0) is 12.1. The lowest BCUT2D eigenvalue weighted by molar-refractivity contribution is 0.0515. The molecule has 0 bridgehead atoms. The van der Waals surface area contributed by atoms with Crippen molar-refractivity contribution in [1.29, 1.82) is 0 Å². The molecule has 3 nitrogen and oxygen atoms in total. The fraction of sp³-hybridized carbons (Fsp3) is 0.917. The van der Waals surface area contributed by atoms with Crippen LogP contribution in [-0.4, -0.2) is 18.2 Å². The number of amides is 1. The molecule has 0 rings (SSSR count). The molecule has 1 amide bonds. The summed E-state index contributed by atoms with van der Waals surface area (Å²) in [5.74, 6) is 1.11. The Kier molecular flexibility index (Phi) is 5.69. The summed E-state index contributed by atoms with van der Waals surface area (Å²) in [5.41, 5.74) is -0.413. The molecule has 0 aliphatic carbocycles. The highest BCUT2D eigenvalue weighted by molar-refractivity contribution is 5.67. The summed E-state index contributed by atoms with van der Waals surface area (Å²) >= 11 is 0. The molecule has 15 heavy (non-hydrogen) atoms. The normalized spacial score (nSPS) is 15.6. The Bertz CT molecular complexity index is 196. The maximum atomic E-state index is 11.3. The number of hydrogen-bond donors (Lipinski definition) is 1. The van der Waals surface area contributed by atoms with Gasteiger partial charge in [-0.3, -0.25) is 0 Å². The lowest BCUT2D eigenvalue weighted by Crippen LogP contribution is -2.35. The topological polar surface area (TPSA) is 38.3 Å². The van der Waals surface area contributed by atoms with Crippen LogP contribution in [0.15, 0.2) is 0 Å². The number of carbonyl (C=O) groups is 1. The molecule has 0 heterocycles. The molecular weight excluding hydrogens is 190 g/mol. The van der Waals surface area contributed by atoms with Crippen LogP contribution >= 0.6 is 0 Å². The molecule has 3 heteroatoms. The van der Waals surface area contributed by atoms with Gasteiger partial charge in [-0.1, -0.05) is 27.2 Å². The van der Waals surface area contributed by atoms with Gasteiger partial charge >= 0.3 is 6.09 Å². The first-order valence-electron chi connectivity index (χ1n) is 5.73.